The van der Waals surface area contributed by atoms with Crippen molar-refractivity contribution in [3.63, 3.8) is 0 Å². The van der Waals surface area contributed by atoms with Gasteiger partial charge in [0.25, 0.3) is 0 Å². The lowest BCUT2D eigenvalue weighted by Crippen LogP contribution is -2.38. The predicted octanol–water partition coefficient (Wildman–Crippen LogP) is 3.70. The second-order valence-corrected chi connectivity index (χ2v) is 6.87. The van der Waals surface area contributed by atoms with E-state index >= 15 is 0 Å². The zero-order valence-corrected chi connectivity index (χ0v) is 15.1. The van der Waals surface area contributed by atoms with E-state index in [1.807, 2.05) is 28.6 Å². The Hall–Kier alpha value is -2.52. The third-order valence-electron chi connectivity index (χ3n) is 4.75. The molecule has 4 rings (SSSR count). The van der Waals surface area contributed by atoms with Crippen LogP contribution < -0.4 is 0 Å². The molecule has 1 aliphatic rings. The average molecular weight is 394 g/mol. The quantitative estimate of drug-likeness (QED) is 0.636. The van der Waals surface area contributed by atoms with Crippen molar-refractivity contribution in [3.05, 3.63) is 59.3 Å². The van der Waals surface area contributed by atoms with Crippen molar-refractivity contribution in [2.24, 2.45) is 7.05 Å². The highest BCUT2D eigenvalue weighted by Gasteiger charge is 2.32. The molecule has 0 saturated carbocycles. The van der Waals surface area contributed by atoms with Gasteiger partial charge in [0.05, 0.1) is 24.2 Å². The summed E-state index contributed by atoms with van der Waals surface area (Å²) in [4.78, 5) is 10.8. The number of nitrogens with zero attached hydrogens (tertiary/aromatic N) is 4. The van der Waals surface area contributed by atoms with Gasteiger partial charge >= 0.3 is 6.18 Å². The summed E-state index contributed by atoms with van der Waals surface area (Å²) in [7, 11) is 1.85. The van der Waals surface area contributed by atoms with Gasteiger partial charge in [0.2, 0.25) is 0 Å². The molecule has 0 unspecified atom stereocenters. The lowest BCUT2D eigenvalue weighted by molar-refractivity contribution is -0.137. The number of halogens is 4. The van der Waals surface area contributed by atoms with E-state index in [1.54, 1.807) is 6.33 Å². The summed E-state index contributed by atoms with van der Waals surface area (Å²) in [5.41, 5.74) is 1.55. The average Bonchev–Trinajstić information content (AvgIpc) is 3.01. The molecule has 0 amide bonds. The molecule has 1 aliphatic heterocycles. The van der Waals surface area contributed by atoms with Crippen molar-refractivity contribution in [1.29, 1.82) is 0 Å². The number of morpholine rings is 1. The third-order valence-corrected chi connectivity index (χ3v) is 4.75. The Morgan fingerprint density at radius 1 is 1.21 bits per heavy atom. The van der Waals surface area contributed by atoms with Crippen molar-refractivity contribution in [1.82, 2.24) is 19.4 Å². The van der Waals surface area contributed by atoms with Gasteiger partial charge in [0, 0.05) is 26.7 Å². The molecule has 0 N–H and O–H groups in total. The number of hydrogen-bond donors (Lipinski definition) is 0. The summed E-state index contributed by atoms with van der Waals surface area (Å²) >= 11 is 0. The van der Waals surface area contributed by atoms with Gasteiger partial charge in [-0.3, -0.25) is 4.90 Å². The molecule has 3 heterocycles. The standard InChI is InChI=1S/C19H18F4N4O/c1-26-11-24-16-3-2-15(25-18(16)26)17-10-27(4-5-28-17)9-12-6-13(19(21,22)23)8-14(20)7-12/h2-3,6-8,11,17H,4-5,9-10H2,1H3/t17-/m1/s1. The Kier molecular flexibility index (Phi) is 4.80. The number of pyridine rings is 1. The van der Waals surface area contributed by atoms with Crippen molar-refractivity contribution >= 4 is 11.2 Å². The normalized spacial score (nSPS) is 18.7. The van der Waals surface area contributed by atoms with Gasteiger partial charge in [0.15, 0.2) is 5.65 Å². The van der Waals surface area contributed by atoms with E-state index in [-0.39, 0.29) is 18.2 Å². The van der Waals surface area contributed by atoms with Crippen LogP contribution in [0.25, 0.3) is 11.2 Å². The number of aromatic nitrogens is 3. The maximum atomic E-state index is 13.6. The lowest BCUT2D eigenvalue weighted by Gasteiger charge is -2.32. The summed E-state index contributed by atoms with van der Waals surface area (Å²) in [6, 6.07) is 6.35. The van der Waals surface area contributed by atoms with Crippen molar-refractivity contribution in [2.75, 3.05) is 19.7 Å². The van der Waals surface area contributed by atoms with Crippen molar-refractivity contribution in [3.8, 4) is 0 Å². The smallest absolute Gasteiger partial charge is 0.369 e. The van der Waals surface area contributed by atoms with Gasteiger partial charge in [-0.15, -0.1) is 0 Å². The third kappa shape index (κ3) is 3.85. The van der Waals surface area contributed by atoms with Crippen LogP contribution in [-0.2, 0) is 24.5 Å². The second kappa shape index (κ2) is 7.14. The SMILES string of the molecule is Cn1cnc2ccc([C@H]3CN(Cc4cc(F)cc(C(F)(F)F)c4)CCO3)nc21. The van der Waals surface area contributed by atoms with Crippen LogP contribution in [-0.4, -0.2) is 39.1 Å². The minimum Gasteiger partial charge on any atom is -0.369 e. The molecule has 0 aliphatic carbocycles. The summed E-state index contributed by atoms with van der Waals surface area (Å²) in [5, 5.41) is 0. The molecule has 1 atom stereocenters. The summed E-state index contributed by atoms with van der Waals surface area (Å²) < 4.78 is 60.1. The molecule has 0 bridgehead atoms. The van der Waals surface area contributed by atoms with E-state index in [2.05, 4.69) is 9.97 Å². The number of rotatable bonds is 3. The Labute approximate surface area is 158 Å². The highest BCUT2D eigenvalue weighted by Crippen LogP contribution is 2.31. The lowest BCUT2D eigenvalue weighted by atomic mass is 10.1. The van der Waals surface area contributed by atoms with Gasteiger partial charge in [-0.05, 0) is 35.9 Å². The van der Waals surface area contributed by atoms with Crippen LogP contribution in [0, 0.1) is 5.82 Å². The van der Waals surface area contributed by atoms with Crippen LogP contribution in [0.4, 0.5) is 17.6 Å². The van der Waals surface area contributed by atoms with Gasteiger partial charge in [-0.25, -0.2) is 14.4 Å². The van der Waals surface area contributed by atoms with Gasteiger partial charge in [-0.1, -0.05) is 0 Å². The monoisotopic (exact) mass is 394 g/mol. The van der Waals surface area contributed by atoms with Crippen LogP contribution >= 0.6 is 0 Å². The first kappa shape index (κ1) is 18.8. The van der Waals surface area contributed by atoms with Crippen LogP contribution in [0.3, 0.4) is 0 Å². The van der Waals surface area contributed by atoms with Crippen molar-refractivity contribution in [2.45, 2.75) is 18.8 Å². The fraction of sp³-hybridized carbons (Fsp3) is 0.368. The summed E-state index contributed by atoms with van der Waals surface area (Å²) in [6.45, 7) is 1.61. The van der Waals surface area contributed by atoms with E-state index in [4.69, 9.17) is 4.74 Å². The zero-order chi connectivity index (χ0) is 19.9. The van der Waals surface area contributed by atoms with Crippen LogP contribution in [0.5, 0.6) is 0 Å². The topological polar surface area (TPSA) is 43.2 Å². The number of alkyl halides is 3. The highest BCUT2D eigenvalue weighted by atomic mass is 19.4. The van der Waals surface area contributed by atoms with Crippen LogP contribution in [0.1, 0.15) is 22.9 Å². The first-order chi connectivity index (χ1) is 13.3. The number of ether oxygens (including phenoxy) is 1. The van der Waals surface area contributed by atoms with Gasteiger partial charge < -0.3 is 9.30 Å². The van der Waals surface area contributed by atoms with Crippen molar-refractivity contribution < 1.29 is 22.3 Å². The Bertz CT molecular complexity index is 1000. The molecule has 148 valence electrons. The Balaban J connectivity index is 1.52. The largest absolute Gasteiger partial charge is 0.416 e. The second-order valence-electron chi connectivity index (χ2n) is 6.87. The minimum atomic E-state index is -4.58. The first-order valence-corrected chi connectivity index (χ1v) is 8.78. The summed E-state index contributed by atoms with van der Waals surface area (Å²) in [5.74, 6) is -0.891. The molecular formula is C19H18F4N4O. The number of aryl methyl sites for hydroxylation is 1. The number of hydrogen-bond acceptors (Lipinski definition) is 4. The molecule has 2 aromatic heterocycles. The molecular weight excluding hydrogens is 376 g/mol. The molecule has 5 nitrogen and oxygen atoms in total. The fourth-order valence-corrected chi connectivity index (χ4v) is 3.39. The molecule has 0 spiro atoms. The van der Waals surface area contributed by atoms with E-state index in [0.29, 0.717) is 25.8 Å². The van der Waals surface area contributed by atoms with Crippen LogP contribution in [0.15, 0.2) is 36.7 Å². The molecule has 1 saturated heterocycles. The fourth-order valence-electron chi connectivity index (χ4n) is 3.39. The van der Waals surface area contributed by atoms with Gasteiger partial charge in [0.1, 0.15) is 17.4 Å². The maximum absolute atomic E-state index is 13.6. The highest BCUT2D eigenvalue weighted by molar-refractivity contribution is 5.70. The molecule has 0 radical (unpaired) electrons. The number of imidazole rings is 1. The van der Waals surface area contributed by atoms with E-state index in [1.165, 1.54) is 0 Å². The number of benzene rings is 1. The molecule has 3 aromatic rings. The first-order valence-electron chi connectivity index (χ1n) is 8.78. The Morgan fingerprint density at radius 2 is 2.04 bits per heavy atom. The van der Waals surface area contributed by atoms with Gasteiger partial charge in [-0.2, -0.15) is 13.2 Å². The zero-order valence-electron chi connectivity index (χ0n) is 15.1. The molecule has 1 aromatic carbocycles. The molecule has 1 fully saturated rings. The summed E-state index contributed by atoms with van der Waals surface area (Å²) in [6.07, 6.45) is -3.21. The molecule has 9 heteroatoms. The van der Waals surface area contributed by atoms with E-state index < -0.39 is 17.6 Å². The van der Waals surface area contributed by atoms with E-state index in [0.717, 1.165) is 29.0 Å². The number of fused-ring (bicyclic) bond motifs is 1. The maximum Gasteiger partial charge on any atom is 0.416 e. The Morgan fingerprint density at radius 3 is 2.82 bits per heavy atom. The van der Waals surface area contributed by atoms with E-state index in [9.17, 15) is 17.6 Å². The van der Waals surface area contributed by atoms with Crippen LogP contribution in [0.2, 0.25) is 0 Å². The predicted molar refractivity (Wildman–Crippen MR) is 93.9 cm³/mol. The minimum absolute atomic E-state index is 0.203. The molecule has 28 heavy (non-hydrogen) atoms.